The molecule has 0 aliphatic carbocycles. The number of hydrogen-bond donors (Lipinski definition) is 1. The van der Waals surface area contributed by atoms with Gasteiger partial charge in [0.15, 0.2) is 0 Å². The van der Waals surface area contributed by atoms with Gasteiger partial charge in [-0.3, -0.25) is 9.78 Å². The van der Waals surface area contributed by atoms with Crippen LogP contribution in [-0.2, 0) is 0 Å². The normalized spacial score (nSPS) is 10.3. The first-order valence-electron chi connectivity index (χ1n) is 7.65. The minimum absolute atomic E-state index is 0.132. The number of aryl methyl sites for hydroxylation is 1. The molecule has 4 heteroatoms. The van der Waals surface area contributed by atoms with Gasteiger partial charge in [-0.2, -0.15) is 0 Å². The summed E-state index contributed by atoms with van der Waals surface area (Å²) in [5, 5.41) is 2.94. The van der Waals surface area contributed by atoms with E-state index in [1.165, 1.54) is 0 Å². The first-order valence-corrected chi connectivity index (χ1v) is 7.65. The van der Waals surface area contributed by atoms with Gasteiger partial charge in [-0.25, -0.2) is 0 Å². The molecule has 0 saturated heterocycles. The van der Waals surface area contributed by atoms with Gasteiger partial charge in [-0.05, 0) is 31.0 Å². The van der Waals surface area contributed by atoms with Gasteiger partial charge >= 0.3 is 0 Å². The van der Waals surface area contributed by atoms with E-state index in [1.54, 1.807) is 12.4 Å². The van der Waals surface area contributed by atoms with Crippen molar-refractivity contribution in [3.8, 4) is 0 Å². The Morgan fingerprint density at radius 1 is 1.27 bits per heavy atom. The number of nitrogens with one attached hydrogen (secondary N) is 1. The molecule has 0 saturated carbocycles. The van der Waals surface area contributed by atoms with Crippen LogP contribution in [0.1, 0.15) is 35.7 Å². The van der Waals surface area contributed by atoms with Crippen molar-refractivity contribution in [3.63, 3.8) is 0 Å². The third-order valence-corrected chi connectivity index (χ3v) is 3.67. The van der Waals surface area contributed by atoms with Crippen LogP contribution in [0.2, 0.25) is 0 Å². The molecule has 0 bridgehead atoms. The average Bonchev–Trinajstić information content (AvgIpc) is 2.54. The molecular weight excluding hydrogens is 274 g/mol. The van der Waals surface area contributed by atoms with Crippen LogP contribution < -0.4 is 10.2 Å². The number of para-hydroxylation sites is 1. The summed E-state index contributed by atoms with van der Waals surface area (Å²) in [6.45, 7) is 5.10. The van der Waals surface area contributed by atoms with E-state index >= 15 is 0 Å². The van der Waals surface area contributed by atoms with Crippen molar-refractivity contribution in [1.29, 1.82) is 0 Å². The third-order valence-electron chi connectivity index (χ3n) is 3.67. The summed E-state index contributed by atoms with van der Waals surface area (Å²) in [5.41, 5.74) is 3.41. The predicted octanol–water partition coefficient (Wildman–Crippen LogP) is 3.88. The Kier molecular flexibility index (Phi) is 5.53. The molecule has 0 aliphatic rings. The second-order valence-corrected chi connectivity index (χ2v) is 5.48. The van der Waals surface area contributed by atoms with Gasteiger partial charge in [-0.15, -0.1) is 0 Å². The van der Waals surface area contributed by atoms with E-state index in [1.807, 2.05) is 44.3 Å². The highest BCUT2D eigenvalue weighted by Crippen LogP contribution is 2.17. The zero-order chi connectivity index (χ0) is 15.9. The van der Waals surface area contributed by atoms with Crippen molar-refractivity contribution in [2.45, 2.75) is 26.7 Å². The molecule has 0 spiro atoms. The monoisotopic (exact) mass is 297 g/mol. The number of rotatable bonds is 6. The number of pyridine rings is 1. The zero-order valence-corrected chi connectivity index (χ0v) is 13.5. The largest absolute Gasteiger partial charge is 0.373 e. The van der Waals surface area contributed by atoms with Crippen molar-refractivity contribution < 1.29 is 4.79 Å². The van der Waals surface area contributed by atoms with E-state index in [0.29, 0.717) is 5.56 Å². The predicted molar refractivity (Wildman–Crippen MR) is 91.5 cm³/mol. The highest BCUT2D eigenvalue weighted by molar-refractivity contribution is 6.04. The molecule has 2 rings (SSSR count). The molecule has 1 N–H and O–H groups in total. The quantitative estimate of drug-likeness (QED) is 0.880. The molecule has 1 aromatic carbocycles. The van der Waals surface area contributed by atoms with Gasteiger partial charge in [0.25, 0.3) is 5.91 Å². The lowest BCUT2D eigenvalue weighted by Gasteiger charge is -2.19. The SMILES string of the molecule is CCCCN(C)c1cncc(C(=O)Nc2ccccc2C)c1. The Balaban J connectivity index is 2.12. The molecular formula is C18H23N3O. The molecule has 1 heterocycles. The maximum Gasteiger partial charge on any atom is 0.257 e. The van der Waals surface area contributed by atoms with Crippen LogP contribution in [0.15, 0.2) is 42.7 Å². The first kappa shape index (κ1) is 16.0. The molecule has 0 radical (unpaired) electrons. The minimum Gasteiger partial charge on any atom is -0.373 e. The van der Waals surface area contributed by atoms with E-state index in [-0.39, 0.29) is 5.91 Å². The number of nitrogens with zero attached hydrogens (tertiary/aromatic N) is 2. The van der Waals surface area contributed by atoms with Crippen LogP contribution in [0, 0.1) is 6.92 Å². The number of aromatic nitrogens is 1. The molecule has 0 fully saturated rings. The van der Waals surface area contributed by atoms with Crippen molar-refractivity contribution in [1.82, 2.24) is 4.98 Å². The van der Waals surface area contributed by atoms with Gasteiger partial charge in [0.1, 0.15) is 0 Å². The lowest BCUT2D eigenvalue weighted by Crippen LogP contribution is -2.20. The molecule has 0 atom stereocenters. The van der Waals surface area contributed by atoms with Gasteiger partial charge in [-0.1, -0.05) is 31.5 Å². The summed E-state index contributed by atoms with van der Waals surface area (Å²) in [7, 11) is 2.02. The smallest absolute Gasteiger partial charge is 0.257 e. The molecule has 1 amide bonds. The van der Waals surface area contributed by atoms with E-state index < -0.39 is 0 Å². The Morgan fingerprint density at radius 2 is 2.05 bits per heavy atom. The molecule has 0 unspecified atom stereocenters. The number of benzene rings is 1. The summed E-state index contributed by atoms with van der Waals surface area (Å²) in [4.78, 5) is 18.7. The molecule has 2 aromatic rings. The van der Waals surface area contributed by atoms with E-state index in [4.69, 9.17) is 0 Å². The summed E-state index contributed by atoms with van der Waals surface area (Å²) in [6.07, 6.45) is 5.66. The number of unbranched alkanes of at least 4 members (excludes halogenated alkanes) is 1. The fourth-order valence-electron chi connectivity index (χ4n) is 2.19. The van der Waals surface area contributed by atoms with E-state index in [9.17, 15) is 4.79 Å². The lowest BCUT2D eigenvalue weighted by molar-refractivity contribution is 0.102. The lowest BCUT2D eigenvalue weighted by atomic mass is 10.2. The molecule has 1 aromatic heterocycles. The highest BCUT2D eigenvalue weighted by Gasteiger charge is 2.10. The fraction of sp³-hybridized carbons (Fsp3) is 0.333. The van der Waals surface area contributed by atoms with Crippen LogP contribution in [0.25, 0.3) is 0 Å². The molecule has 116 valence electrons. The van der Waals surface area contributed by atoms with Gasteiger partial charge in [0, 0.05) is 25.5 Å². The summed E-state index contributed by atoms with van der Waals surface area (Å²) in [6, 6.07) is 9.63. The Bertz CT molecular complexity index is 640. The Morgan fingerprint density at radius 3 is 2.77 bits per heavy atom. The number of amides is 1. The van der Waals surface area contributed by atoms with Crippen LogP contribution >= 0.6 is 0 Å². The van der Waals surface area contributed by atoms with Crippen LogP contribution in [0.5, 0.6) is 0 Å². The second-order valence-electron chi connectivity index (χ2n) is 5.48. The van der Waals surface area contributed by atoms with Crippen LogP contribution in [0.4, 0.5) is 11.4 Å². The topological polar surface area (TPSA) is 45.2 Å². The van der Waals surface area contributed by atoms with Gasteiger partial charge in [0.2, 0.25) is 0 Å². The Labute approximate surface area is 132 Å². The van der Waals surface area contributed by atoms with Crippen molar-refractivity contribution in [2.75, 3.05) is 23.8 Å². The summed E-state index contributed by atoms with van der Waals surface area (Å²) in [5.74, 6) is -0.132. The van der Waals surface area contributed by atoms with Crippen molar-refractivity contribution in [3.05, 3.63) is 53.9 Å². The maximum absolute atomic E-state index is 12.4. The molecule has 4 nitrogen and oxygen atoms in total. The van der Waals surface area contributed by atoms with Crippen molar-refractivity contribution >= 4 is 17.3 Å². The fourth-order valence-corrected chi connectivity index (χ4v) is 2.19. The summed E-state index contributed by atoms with van der Waals surface area (Å²) >= 11 is 0. The zero-order valence-electron chi connectivity index (χ0n) is 13.5. The number of anilines is 2. The van der Waals surface area contributed by atoms with Crippen LogP contribution in [0.3, 0.4) is 0 Å². The van der Waals surface area contributed by atoms with E-state index in [2.05, 4.69) is 22.1 Å². The van der Waals surface area contributed by atoms with Gasteiger partial charge in [0.05, 0.1) is 17.4 Å². The number of carbonyl (C=O) groups is 1. The molecule has 0 aliphatic heterocycles. The summed E-state index contributed by atoms with van der Waals surface area (Å²) < 4.78 is 0. The third kappa shape index (κ3) is 4.07. The Hall–Kier alpha value is -2.36. The average molecular weight is 297 g/mol. The maximum atomic E-state index is 12.4. The number of hydrogen-bond acceptors (Lipinski definition) is 3. The minimum atomic E-state index is -0.132. The first-order chi connectivity index (χ1) is 10.6. The van der Waals surface area contributed by atoms with Gasteiger partial charge < -0.3 is 10.2 Å². The standard InChI is InChI=1S/C18H23N3O/c1-4-5-10-21(3)16-11-15(12-19-13-16)18(22)20-17-9-7-6-8-14(17)2/h6-9,11-13H,4-5,10H2,1-3H3,(H,20,22). The second kappa shape index (κ2) is 7.59. The highest BCUT2D eigenvalue weighted by atomic mass is 16.1. The molecule has 22 heavy (non-hydrogen) atoms. The van der Waals surface area contributed by atoms with Crippen molar-refractivity contribution in [2.24, 2.45) is 0 Å². The van der Waals surface area contributed by atoms with Crippen LogP contribution in [-0.4, -0.2) is 24.5 Å². The van der Waals surface area contributed by atoms with E-state index in [0.717, 1.165) is 36.3 Å². The number of carbonyl (C=O) groups excluding carboxylic acids is 1.